The molecule has 0 bridgehead atoms. The Morgan fingerprint density at radius 2 is 2.00 bits per heavy atom. The number of aliphatic hydroxyl groups is 1. The molecule has 0 aromatic heterocycles. The highest BCUT2D eigenvalue weighted by atomic mass is 35.5. The van der Waals surface area contributed by atoms with Gasteiger partial charge in [0.05, 0.1) is 11.6 Å². The van der Waals surface area contributed by atoms with Crippen molar-refractivity contribution in [2.75, 3.05) is 26.2 Å². The summed E-state index contributed by atoms with van der Waals surface area (Å²) >= 11 is 6.08. The maximum Gasteiger partial charge on any atom is 0.143 e. The summed E-state index contributed by atoms with van der Waals surface area (Å²) < 4.78 is 5.73. The number of aliphatic hydroxyl groups excluding tert-OH is 1. The zero-order chi connectivity index (χ0) is 12.8. The van der Waals surface area contributed by atoms with Gasteiger partial charge in [-0.25, -0.2) is 0 Å². The summed E-state index contributed by atoms with van der Waals surface area (Å²) in [7, 11) is 0. The topological polar surface area (TPSA) is 32.7 Å². The van der Waals surface area contributed by atoms with Crippen LogP contribution in [-0.2, 0) is 6.61 Å². The van der Waals surface area contributed by atoms with Crippen LogP contribution >= 0.6 is 11.6 Å². The second-order valence-corrected chi connectivity index (χ2v) is 5.04. The monoisotopic (exact) mass is 269 g/mol. The summed E-state index contributed by atoms with van der Waals surface area (Å²) in [6.45, 7) is 3.84. The molecule has 0 spiro atoms. The summed E-state index contributed by atoms with van der Waals surface area (Å²) in [5, 5.41) is 9.81. The fraction of sp³-hybridized carbons (Fsp3) is 0.571. The molecule has 3 nitrogen and oxygen atoms in total. The van der Waals surface area contributed by atoms with Gasteiger partial charge in [-0.15, -0.1) is 0 Å². The van der Waals surface area contributed by atoms with E-state index >= 15 is 0 Å². The lowest BCUT2D eigenvalue weighted by Gasteiger charge is -2.26. The summed E-state index contributed by atoms with van der Waals surface area (Å²) in [6.07, 6.45) is 3.92. The van der Waals surface area contributed by atoms with E-state index in [1.807, 2.05) is 12.1 Å². The number of ether oxygens (including phenoxy) is 1. The van der Waals surface area contributed by atoms with Crippen molar-refractivity contribution in [3.05, 3.63) is 28.8 Å². The van der Waals surface area contributed by atoms with Crippen LogP contribution in [0.15, 0.2) is 18.2 Å². The Morgan fingerprint density at radius 3 is 2.72 bits per heavy atom. The summed E-state index contributed by atoms with van der Waals surface area (Å²) in [5.41, 5.74) is 0.751. The summed E-state index contributed by atoms with van der Waals surface area (Å²) in [5.74, 6) is 0.624. The van der Waals surface area contributed by atoms with Gasteiger partial charge in [-0.3, -0.25) is 4.90 Å². The highest BCUT2D eigenvalue weighted by Crippen LogP contribution is 2.28. The lowest BCUT2D eigenvalue weighted by atomic mass is 10.1. The molecule has 0 atom stereocenters. The van der Waals surface area contributed by atoms with Crippen LogP contribution in [0.25, 0.3) is 0 Å². The van der Waals surface area contributed by atoms with Gasteiger partial charge in [0.1, 0.15) is 12.4 Å². The fourth-order valence-electron chi connectivity index (χ4n) is 2.30. The minimum Gasteiger partial charge on any atom is -0.490 e. The van der Waals surface area contributed by atoms with Crippen LogP contribution in [-0.4, -0.2) is 36.2 Å². The van der Waals surface area contributed by atoms with Gasteiger partial charge in [-0.05, 0) is 32.0 Å². The number of hydrogen-bond donors (Lipinski definition) is 1. The van der Waals surface area contributed by atoms with Crippen LogP contribution in [0.5, 0.6) is 5.75 Å². The van der Waals surface area contributed by atoms with E-state index < -0.39 is 0 Å². The molecular formula is C14H20ClNO2. The van der Waals surface area contributed by atoms with Crippen molar-refractivity contribution in [2.24, 2.45) is 0 Å². The van der Waals surface area contributed by atoms with E-state index in [1.165, 1.54) is 32.4 Å². The van der Waals surface area contributed by atoms with Crippen molar-refractivity contribution < 1.29 is 9.84 Å². The zero-order valence-electron chi connectivity index (χ0n) is 10.6. The molecule has 1 aromatic carbocycles. The quantitative estimate of drug-likeness (QED) is 0.892. The van der Waals surface area contributed by atoms with Gasteiger partial charge in [-0.2, -0.15) is 0 Å². The van der Waals surface area contributed by atoms with Gasteiger partial charge < -0.3 is 9.84 Å². The maximum absolute atomic E-state index is 9.24. The third kappa shape index (κ3) is 3.61. The van der Waals surface area contributed by atoms with E-state index in [0.717, 1.165) is 12.1 Å². The molecule has 100 valence electrons. The van der Waals surface area contributed by atoms with Gasteiger partial charge in [0.2, 0.25) is 0 Å². The van der Waals surface area contributed by atoms with Crippen molar-refractivity contribution in [1.82, 2.24) is 4.90 Å². The van der Waals surface area contributed by atoms with E-state index in [-0.39, 0.29) is 6.61 Å². The molecule has 18 heavy (non-hydrogen) atoms. The lowest BCUT2D eigenvalue weighted by molar-refractivity contribution is 0.180. The third-order valence-corrected chi connectivity index (χ3v) is 3.62. The number of hydrogen-bond acceptors (Lipinski definition) is 3. The third-order valence-electron chi connectivity index (χ3n) is 3.32. The molecule has 1 aliphatic rings. The largest absolute Gasteiger partial charge is 0.490 e. The SMILES string of the molecule is OCc1cccc(Cl)c1OCCN1CCCCC1. The van der Waals surface area contributed by atoms with Crippen LogP contribution in [0.1, 0.15) is 24.8 Å². The Balaban J connectivity index is 1.85. The molecule has 0 radical (unpaired) electrons. The van der Waals surface area contributed by atoms with Crippen LogP contribution in [0.2, 0.25) is 5.02 Å². The van der Waals surface area contributed by atoms with Crippen molar-refractivity contribution in [3.63, 3.8) is 0 Å². The fourth-order valence-corrected chi connectivity index (χ4v) is 2.55. The van der Waals surface area contributed by atoms with Gasteiger partial charge >= 0.3 is 0 Å². The number of piperidine rings is 1. The molecule has 1 aromatic rings. The Morgan fingerprint density at radius 1 is 1.22 bits per heavy atom. The van der Waals surface area contributed by atoms with Gasteiger partial charge in [-0.1, -0.05) is 30.2 Å². The van der Waals surface area contributed by atoms with Crippen LogP contribution in [0.4, 0.5) is 0 Å². The minimum atomic E-state index is -0.0421. The van der Waals surface area contributed by atoms with E-state index in [9.17, 15) is 5.11 Å². The lowest BCUT2D eigenvalue weighted by Crippen LogP contribution is -2.33. The average molecular weight is 270 g/mol. The number of para-hydroxylation sites is 1. The Bertz CT molecular complexity index is 378. The van der Waals surface area contributed by atoms with Gasteiger partial charge in [0.25, 0.3) is 0 Å². The first-order valence-electron chi connectivity index (χ1n) is 6.54. The molecule has 1 fully saturated rings. The molecular weight excluding hydrogens is 250 g/mol. The van der Waals surface area contributed by atoms with Gasteiger partial charge in [0.15, 0.2) is 0 Å². The zero-order valence-corrected chi connectivity index (χ0v) is 11.3. The maximum atomic E-state index is 9.24. The molecule has 0 saturated carbocycles. The first kappa shape index (κ1) is 13.7. The van der Waals surface area contributed by atoms with E-state index in [0.29, 0.717) is 17.4 Å². The first-order chi connectivity index (χ1) is 8.81. The molecule has 2 rings (SSSR count). The van der Waals surface area contributed by atoms with Crippen molar-refractivity contribution in [2.45, 2.75) is 25.9 Å². The summed E-state index contributed by atoms with van der Waals surface area (Å²) in [6, 6.07) is 5.45. The number of halogens is 1. The smallest absolute Gasteiger partial charge is 0.143 e. The minimum absolute atomic E-state index is 0.0421. The van der Waals surface area contributed by atoms with Crippen molar-refractivity contribution in [1.29, 1.82) is 0 Å². The molecule has 0 aliphatic carbocycles. The number of rotatable bonds is 5. The predicted molar refractivity (Wildman–Crippen MR) is 73.2 cm³/mol. The second kappa shape index (κ2) is 6.98. The average Bonchev–Trinajstić information content (AvgIpc) is 2.41. The molecule has 1 N–H and O–H groups in total. The standard InChI is InChI=1S/C14H20ClNO2/c15-13-6-4-5-12(11-17)14(13)18-10-9-16-7-2-1-3-8-16/h4-6,17H,1-3,7-11H2. The molecule has 0 amide bonds. The highest BCUT2D eigenvalue weighted by molar-refractivity contribution is 6.32. The normalized spacial score (nSPS) is 16.8. The Labute approximate surface area is 113 Å². The highest BCUT2D eigenvalue weighted by Gasteiger charge is 2.11. The van der Waals surface area contributed by atoms with E-state index in [1.54, 1.807) is 6.07 Å². The first-order valence-corrected chi connectivity index (χ1v) is 6.92. The van der Waals surface area contributed by atoms with Crippen molar-refractivity contribution >= 4 is 11.6 Å². The molecule has 0 unspecified atom stereocenters. The summed E-state index contributed by atoms with van der Waals surface area (Å²) in [4.78, 5) is 2.42. The molecule has 1 saturated heterocycles. The molecule has 1 heterocycles. The van der Waals surface area contributed by atoms with Gasteiger partial charge in [0, 0.05) is 12.1 Å². The number of nitrogens with zero attached hydrogens (tertiary/aromatic N) is 1. The van der Waals surface area contributed by atoms with Crippen LogP contribution in [0, 0.1) is 0 Å². The number of benzene rings is 1. The molecule has 4 heteroatoms. The second-order valence-electron chi connectivity index (χ2n) is 4.64. The Kier molecular flexibility index (Phi) is 5.29. The molecule has 1 aliphatic heterocycles. The van der Waals surface area contributed by atoms with E-state index in [4.69, 9.17) is 16.3 Å². The van der Waals surface area contributed by atoms with Crippen molar-refractivity contribution in [3.8, 4) is 5.75 Å². The number of likely N-dealkylation sites (tertiary alicyclic amines) is 1. The van der Waals surface area contributed by atoms with Crippen LogP contribution < -0.4 is 4.74 Å². The van der Waals surface area contributed by atoms with Crippen LogP contribution in [0.3, 0.4) is 0 Å². The van der Waals surface area contributed by atoms with E-state index in [2.05, 4.69) is 4.90 Å². The predicted octanol–water partition coefficient (Wildman–Crippen LogP) is 2.70. The Hall–Kier alpha value is -0.770.